The average Bonchev–Trinajstić information content (AvgIpc) is 2.46. The highest BCUT2D eigenvalue weighted by Gasteiger charge is 2.23. The van der Waals surface area contributed by atoms with E-state index in [4.69, 9.17) is 0 Å². The summed E-state index contributed by atoms with van der Waals surface area (Å²) in [7, 11) is 2.02. The molecule has 1 aromatic rings. The number of hydrogen-bond donors (Lipinski definition) is 1. The lowest BCUT2D eigenvalue weighted by Gasteiger charge is -2.23. The SMILES string of the molecule is CNCC1CCCn2c1nc(C)c2C. The summed E-state index contributed by atoms with van der Waals surface area (Å²) in [4.78, 5) is 4.67. The van der Waals surface area contributed by atoms with Crippen LogP contribution in [-0.2, 0) is 6.54 Å². The largest absolute Gasteiger partial charge is 0.332 e. The number of nitrogens with zero attached hydrogens (tertiary/aromatic N) is 2. The highest BCUT2D eigenvalue weighted by Crippen LogP contribution is 2.27. The second-order valence-electron chi connectivity index (χ2n) is 4.19. The third-order valence-corrected chi connectivity index (χ3v) is 3.24. The number of hydrogen-bond acceptors (Lipinski definition) is 2. The van der Waals surface area contributed by atoms with Gasteiger partial charge in [0.2, 0.25) is 0 Å². The summed E-state index contributed by atoms with van der Waals surface area (Å²) in [5.74, 6) is 1.90. The predicted molar refractivity (Wildman–Crippen MR) is 57.6 cm³/mol. The molecule has 1 aromatic heterocycles. The normalized spacial score (nSPS) is 20.9. The fourth-order valence-electron chi connectivity index (χ4n) is 2.34. The van der Waals surface area contributed by atoms with E-state index in [1.807, 2.05) is 7.05 Å². The van der Waals surface area contributed by atoms with Gasteiger partial charge in [-0.2, -0.15) is 0 Å². The fraction of sp³-hybridized carbons (Fsp3) is 0.727. The van der Waals surface area contributed by atoms with Gasteiger partial charge in [-0.1, -0.05) is 0 Å². The van der Waals surface area contributed by atoms with Crippen molar-refractivity contribution in [2.45, 2.75) is 39.2 Å². The first-order valence-corrected chi connectivity index (χ1v) is 5.42. The molecule has 3 nitrogen and oxygen atoms in total. The maximum atomic E-state index is 4.67. The van der Waals surface area contributed by atoms with E-state index in [1.165, 1.54) is 30.1 Å². The topological polar surface area (TPSA) is 29.9 Å². The molecule has 2 heterocycles. The van der Waals surface area contributed by atoms with Gasteiger partial charge in [0.25, 0.3) is 0 Å². The molecule has 0 radical (unpaired) electrons. The minimum Gasteiger partial charge on any atom is -0.332 e. The van der Waals surface area contributed by atoms with Crippen molar-refractivity contribution in [1.82, 2.24) is 14.9 Å². The minimum atomic E-state index is 0.612. The molecule has 0 aromatic carbocycles. The van der Waals surface area contributed by atoms with Crippen LogP contribution in [0.15, 0.2) is 0 Å². The first-order valence-electron chi connectivity index (χ1n) is 5.42. The van der Waals surface area contributed by atoms with Gasteiger partial charge in [0.05, 0.1) is 5.69 Å². The summed E-state index contributed by atoms with van der Waals surface area (Å²) in [6, 6.07) is 0. The predicted octanol–water partition coefficient (Wildman–Crippen LogP) is 1.60. The number of likely N-dealkylation sites (N-methyl/N-ethyl adjacent to an activating group) is 1. The van der Waals surface area contributed by atoms with Gasteiger partial charge in [0.15, 0.2) is 0 Å². The number of nitrogens with one attached hydrogen (secondary N) is 1. The van der Waals surface area contributed by atoms with Crippen molar-refractivity contribution in [3.8, 4) is 0 Å². The third-order valence-electron chi connectivity index (χ3n) is 3.24. The summed E-state index contributed by atoms with van der Waals surface area (Å²) >= 11 is 0. The van der Waals surface area contributed by atoms with E-state index >= 15 is 0 Å². The molecule has 1 atom stereocenters. The Labute approximate surface area is 85.5 Å². The molecule has 0 saturated heterocycles. The van der Waals surface area contributed by atoms with E-state index in [-0.39, 0.29) is 0 Å². The lowest BCUT2D eigenvalue weighted by atomic mass is 9.99. The molecule has 0 fully saturated rings. The van der Waals surface area contributed by atoms with Crippen LogP contribution in [0.3, 0.4) is 0 Å². The Balaban J connectivity index is 2.34. The van der Waals surface area contributed by atoms with E-state index in [1.54, 1.807) is 0 Å². The average molecular weight is 193 g/mol. The second-order valence-corrected chi connectivity index (χ2v) is 4.19. The summed E-state index contributed by atoms with van der Waals surface area (Å²) in [5.41, 5.74) is 2.55. The van der Waals surface area contributed by atoms with Crippen LogP contribution < -0.4 is 5.32 Å². The van der Waals surface area contributed by atoms with Crippen molar-refractivity contribution in [1.29, 1.82) is 0 Å². The molecule has 14 heavy (non-hydrogen) atoms. The van der Waals surface area contributed by atoms with Crippen LogP contribution in [0.5, 0.6) is 0 Å². The van der Waals surface area contributed by atoms with Crippen LogP contribution in [-0.4, -0.2) is 23.1 Å². The lowest BCUT2D eigenvalue weighted by molar-refractivity contribution is 0.428. The summed E-state index contributed by atoms with van der Waals surface area (Å²) in [5, 5.41) is 3.25. The van der Waals surface area contributed by atoms with Gasteiger partial charge in [-0.3, -0.25) is 0 Å². The molecule has 0 bridgehead atoms. The van der Waals surface area contributed by atoms with Crippen LogP contribution in [0.25, 0.3) is 0 Å². The quantitative estimate of drug-likeness (QED) is 0.773. The van der Waals surface area contributed by atoms with Crippen molar-refractivity contribution in [3.63, 3.8) is 0 Å². The van der Waals surface area contributed by atoms with E-state index in [0.29, 0.717) is 5.92 Å². The lowest BCUT2D eigenvalue weighted by Crippen LogP contribution is -2.24. The zero-order valence-corrected chi connectivity index (χ0v) is 9.30. The molecule has 0 saturated carbocycles. The number of aromatic nitrogens is 2. The Morgan fingerprint density at radius 3 is 3.00 bits per heavy atom. The Morgan fingerprint density at radius 1 is 1.50 bits per heavy atom. The Morgan fingerprint density at radius 2 is 2.29 bits per heavy atom. The van der Waals surface area contributed by atoms with E-state index in [2.05, 4.69) is 28.7 Å². The molecule has 3 heteroatoms. The summed E-state index contributed by atoms with van der Waals surface area (Å²) in [6.07, 6.45) is 2.56. The highest BCUT2D eigenvalue weighted by atomic mass is 15.1. The Kier molecular flexibility index (Phi) is 2.59. The Hall–Kier alpha value is -0.830. The number of imidazole rings is 1. The summed E-state index contributed by atoms with van der Waals surface area (Å²) in [6.45, 7) is 6.49. The van der Waals surface area contributed by atoms with Gasteiger partial charge < -0.3 is 9.88 Å². The molecular weight excluding hydrogens is 174 g/mol. The van der Waals surface area contributed by atoms with Gasteiger partial charge in [0.1, 0.15) is 5.82 Å². The minimum absolute atomic E-state index is 0.612. The number of rotatable bonds is 2. The molecule has 78 valence electrons. The zero-order chi connectivity index (χ0) is 10.1. The molecule has 0 spiro atoms. The molecular formula is C11H19N3. The van der Waals surface area contributed by atoms with Gasteiger partial charge in [-0.05, 0) is 33.7 Å². The highest BCUT2D eigenvalue weighted by molar-refractivity contribution is 5.18. The first kappa shape index (κ1) is 9.71. The molecule has 1 N–H and O–H groups in total. The van der Waals surface area contributed by atoms with E-state index in [9.17, 15) is 0 Å². The van der Waals surface area contributed by atoms with Crippen molar-refractivity contribution in [2.24, 2.45) is 0 Å². The van der Waals surface area contributed by atoms with Gasteiger partial charge >= 0.3 is 0 Å². The van der Waals surface area contributed by atoms with Crippen LogP contribution in [0, 0.1) is 13.8 Å². The third kappa shape index (κ3) is 1.46. The van der Waals surface area contributed by atoms with Gasteiger partial charge in [-0.25, -0.2) is 4.98 Å². The van der Waals surface area contributed by atoms with Crippen molar-refractivity contribution < 1.29 is 0 Å². The molecule has 1 aliphatic heterocycles. The van der Waals surface area contributed by atoms with Crippen LogP contribution in [0.1, 0.15) is 36.0 Å². The molecule has 0 aliphatic carbocycles. The van der Waals surface area contributed by atoms with Gasteiger partial charge in [-0.15, -0.1) is 0 Å². The second kappa shape index (κ2) is 3.73. The molecule has 1 unspecified atom stereocenters. The van der Waals surface area contributed by atoms with Crippen LogP contribution >= 0.6 is 0 Å². The molecule has 1 aliphatic rings. The van der Waals surface area contributed by atoms with Crippen LogP contribution in [0.2, 0.25) is 0 Å². The summed E-state index contributed by atoms with van der Waals surface area (Å²) < 4.78 is 2.39. The Bertz CT molecular complexity index is 328. The standard InChI is InChI=1S/C11H19N3/c1-8-9(2)14-6-4-5-10(7-12-3)11(14)13-8/h10,12H,4-7H2,1-3H3. The number of aryl methyl sites for hydroxylation is 1. The van der Waals surface area contributed by atoms with Crippen molar-refractivity contribution in [2.75, 3.05) is 13.6 Å². The first-order chi connectivity index (χ1) is 6.74. The molecule has 2 rings (SSSR count). The monoisotopic (exact) mass is 193 g/mol. The van der Waals surface area contributed by atoms with E-state index in [0.717, 1.165) is 13.1 Å². The smallest absolute Gasteiger partial charge is 0.113 e. The van der Waals surface area contributed by atoms with E-state index < -0.39 is 0 Å². The van der Waals surface area contributed by atoms with Crippen molar-refractivity contribution >= 4 is 0 Å². The zero-order valence-electron chi connectivity index (χ0n) is 9.30. The fourth-order valence-corrected chi connectivity index (χ4v) is 2.34. The molecule has 0 amide bonds. The maximum Gasteiger partial charge on any atom is 0.113 e. The van der Waals surface area contributed by atoms with Crippen molar-refractivity contribution in [3.05, 3.63) is 17.2 Å². The van der Waals surface area contributed by atoms with Gasteiger partial charge in [0, 0.05) is 24.7 Å². The van der Waals surface area contributed by atoms with Crippen LogP contribution in [0.4, 0.5) is 0 Å². The number of fused-ring (bicyclic) bond motifs is 1. The maximum absolute atomic E-state index is 4.67.